The van der Waals surface area contributed by atoms with Gasteiger partial charge in [-0.3, -0.25) is 19.2 Å². The molecule has 2 aromatic carbocycles. The first-order valence-electron chi connectivity index (χ1n) is 6.54. The van der Waals surface area contributed by atoms with E-state index in [0.717, 1.165) is 12.1 Å². The molecule has 0 atom stereocenters. The fraction of sp³-hybridized carbons (Fsp3) is 0.0714. The van der Waals surface area contributed by atoms with Gasteiger partial charge in [0, 0.05) is 6.07 Å². The van der Waals surface area contributed by atoms with Crippen molar-refractivity contribution in [3.05, 3.63) is 62.6 Å². The quantitative estimate of drug-likeness (QED) is 0.399. The van der Waals surface area contributed by atoms with Crippen molar-refractivity contribution in [2.45, 2.75) is 4.90 Å². The molecule has 0 heterocycles. The van der Waals surface area contributed by atoms with Gasteiger partial charge in [-0.15, -0.1) is 0 Å². The maximum atomic E-state index is 13.0. The SMILES string of the molecule is O=C(Cl)CN(c1c(Cl)cccc1Cl)S(=O)(=O)c1ccccc1[N+](=O)[O-]. The number of sulfonamides is 1. The number of anilines is 1. The highest BCUT2D eigenvalue weighted by molar-refractivity contribution is 7.93. The molecule has 0 aliphatic heterocycles. The highest BCUT2D eigenvalue weighted by Crippen LogP contribution is 2.38. The molecule has 0 amide bonds. The number of nitro groups is 1. The molecule has 25 heavy (non-hydrogen) atoms. The van der Waals surface area contributed by atoms with Gasteiger partial charge in [-0.05, 0) is 29.8 Å². The van der Waals surface area contributed by atoms with Crippen LogP contribution in [-0.2, 0) is 14.8 Å². The van der Waals surface area contributed by atoms with E-state index in [1.54, 1.807) is 0 Å². The summed E-state index contributed by atoms with van der Waals surface area (Å²) in [6, 6.07) is 8.91. The summed E-state index contributed by atoms with van der Waals surface area (Å²) < 4.78 is 26.5. The molecule has 0 spiro atoms. The Labute approximate surface area is 157 Å². The number of halogens is 3. The van der Waals surface area contributed by atoms with E-state index in [9.17, 15) is 23.3 Å². The Morgan fingerprint density at radius 1 is 1.08 bits per heavy atom. The van der Waals surface area contributed by atoms with E-state index in [0.29, 0.717) is 4.31 Å². The number of rotatable bonds is 6. The minimum absolute atomic E-state index is 0.0624. The molecular weight excluding hydrogens is 415 g/mol. The molecule has 7 nitrogen and oxygen atoms in total. The molecule has 0 aromatic heterocycles. The Morgan fingerprint density at radius 2 is 1.64 bits per heavy atom. The Bertz CT molecular complexity index is 929. The first-order valence-corrected chi connectivity index (χ1v) is 9.12. The normalized spacial score (nSPS) is 11.2. The van der Waals surface area contributed by atoms with Gasteiger partial charge in [0.15, 0.2) is 4.90 Å². The lowest BCUT2D eigenvalue weighted by molar-refractivity contribution is -0.387. The summed E-state index contributed by atoms with van der Waals surface area (Å²) in [6.07, 6.45) is 0. The average molecular weight is 424 g/mol. The van der Waals surface area contributed by atoms with Gasteiger partial charge in [0.05, 0.1) is 20.7 Å². The Morgan fingerprint density at radius 3 is 2.16 bits per heavy atom. The summed E-state index contributed by atoms with van der Waals surface area (Å²) >= 11 is 17.4. The predicted molar refractivity (Wildman–Crippen MR) is 95.0 cm³/mol. The second kappa shape index (κ2) is 7.57. The van der Waals surface area contributed by atoms with Gasteiger partial charge >= 0.3 is 0 Å². The average Bonchev–Trinajstić information content (AvgIpc) is 2.53. The maximum absolute atomic E-state index is 13.0. The summed E-state index contributed by atoms with van der Waals surface area (Å²) in [4.78, 5) is 21.1. The monoisotopic (exact) mass is 422 g/mol. The minimum Gasteiger partial charge on any atom is -0.279 e. The van der Waals surface area contributed by atoms with Crippen LogP contribution in [0.2, 0.25) is 10.0 Å². The van der Waals surface area contributed by atoms with Crippen molar-refractivity contribution < 1.29 is 18.1 Å². The number of carbonyl (C=O) groups excluding carboxylic acids is 1. The highest BCUT2D eigenvalue weighted by Gasteiger charge is 2.34. The van der Waals surface area contributed by atoms with Crippen molar-refractivity contribution in [1.82, 2.24) is 0 Å². The molecule has 0 aliphatic carbocycles. The number of nitrogens with zero attached hydrogens (tertiary/aromatic N) is 2. The van der Waals surface area contributed by atoms with Crippen molar-refractivity contribution in [2.24, 2.45) is 0 Å². The molecule has 0 saturated carbocycles. The number of para-hydroxylation sites is 2. The van der Waals surface area contributed by atoms with Gasteiger partial charge in [0.1, 0.15) is 6.54 Å². The molecule has 0 aliphatic rings. The van der Waals surface area contributed by atoms with E-state index in [2.05, 4.69) is 0 Å². The second-order valence-electron chi connectivity index (χ2n) is 4.66. The van der Waals surface area contributed by atoms with Crippen LogP contribution in [0.15, 0.2) is 47.4 Å². The van der Waals surface area contributed by atoms with Gasteiger partial charge < -0.3 is 0 Å². The number of nitro benzene ring substituents is 1. The van der Waals surface area contributed by atoms with Crippen molar-refractivity contribution >= 4 is 61.4 Å². The summed E-state index contributed by atoms with van der Waals surface area (Å²) in [6.45, 7) is -0.806. The fourth-order valence-corrected chi connectivity index (χ4v) is 4.58. The fourth-order valence-electron chi connectivity index (χ4n) is 2.07. The molecule has 11 heteroatoms. The number of benzene rings is 2. The molecule has 0 bridgehead atoms. The molecule has 0 unspecified atom stereocenters. The van der Waals surface area contributed by atoms with Gasteiger partial charge in [0.25, 0.3) is 15.7 Å². The van der Waals surface area contributed by atoms with E-state index >= 15 is 0 Å². The first kappa shape index (κ1) is 19.5. The van der Waals surface area contributed by atoms with Crippen LogP contribution in [0, 0.1) is 10.1 Å². The topological polar surface area (TPSA) is 97.6 Å². The number of hydrogen-bond acceptors (Lipinski definition) is 5. The number of carbonyl (C=O) groups is 1. The molecule has 0 fully saturated rings. The van der Waals surface area contributed by atoms with Crippen molar-refractivity contribution in [2.75, 3.05) is 10.8 Å². The van der Waals surface area contributed by atoms with Crippen molar-refractivity contribution in [3.8, 4) is 0 Å². The standard InChI is InChI=1S/C14H9Cl3N2O5S/c15-9-4-3-5-10(16)14(9)18(8-13(17)20)25(23,24)12-7-2-1-6-11(12)19(21)22/h1-7H,8H2. The van der Waals surface area contributed by atoms with E-state index in [-0.39, 0.29) is 15.7 Å². The van der Waals surface area contributed by atoms with Crippen LogP contribution in [0.5, 0.6) is 0 Å². The van der Waals surface area contributed by atoms with Gasteiger partial charge in [-0.25, -0.2) is 8.42 Å². The molecule has 0 radical (unpaired) electrons. The maximum Gasteiger partial charge on any atom is 0.289 e. The van der Waals surface area contributed by atoms with Crippen LogP contribution in [-0.4, -0.2) is 25.1 Å². The summed E-state index contributed by atoms with van der Waals surface area (Å²) in [5.74, 6) is 0. The van der Waals surface area contributed by atoms with Crippen molar-refractivity contribution in [1.29, 1.82) is 0 Å². The zero-order chi connectivity index (χ0) is 18.8. The lowest BCUT2D eigenvalue weighted by atomic mass is 10.3. The molecular formula is C14H9Cl3N2O5S. The number of hydrogen-bond donors (Lipinski definition) is 0. The van der Waals surface area contributed by atoms with E-state index in [1.165, 1.54) is 30.3 Å². The van der Waals surface area contributed by atoms with Crippen LogP contribution in [0.1, 0.15) is 0 Å². The molecule has 132 valence electrons. The summed E-state index contributed by atoms with van der Waals surface area (Å²) in [5, 5.41) is 10.0. The van der Waals surface area contributed by atoms with E-state index in [1.807, 2.05) is 0 Å². The zero-order valence-electron chi connectivity index (χ0n) is 12.2. The first-order chi connectivity index (χ1) is 11.7. The molecule has 0 N–H and O–H groups in total. The van der Waals surface area contributed by atoms with Crippen LogP contribution in [0.25, 0.3) is 0 Å². The lowest BCUT2D eigenvalue weighted by Gasteiger charge is -2.24. The third-order valence-electron chi connectivity index (χ3n) is 3.08. The third kappa shape index (κ3) is 4.04. The van der Waals surface area contributed by atoms with Crippen LogP contribution >= 0.6 is 34.8 Å². The van der Waals surface area contributed by atoms with Gasteiger partial charge in [-0.2, -0.15) is 0 Å². The molecule has 0 saturated heterocycles. The summed E-state index contributed by atoms with van der Waals surface area (Å²) in [7, 11) is -4.55. The summed E-state index contributed by atoms with van der Waals surface area (Å²) in [5.41, 5.74) is -0.851. The predicted octanol–water partition coefficient (Wildman–Crippen LogP) is 3.86. The van der Waals surface area contributed by atoms with Gasteiger partial charge in [0.2, 0.25) is 5.24 Å². The minimum atomic E-state index is -4.55. The molecule has 2 rings (SSSR count). The largest absolute Gasteiger partial charge is 0.289 e. The lowest BCUT2D eigenvalue weighted by Crippen LogP contribution is -2.35. The van der Waals surface area contributed by atoms with Crippen LogP contribution in [0.4, 0.5) is 11.4 Å². The van der Waals surface area contributed by atoms with Crippen molar-refractivity contribution in [3.63, 3.8) is 0 Å². The van der Waals surface area contributed by atoms with Gasteiger partial charge in [-0.1, -0.05) is 41.4 Å². The third-order valence-corrected chi connectivity index (χ3v) is 5.61. The van der Waals surface area contributed by atoms with Crippen LogP contribution < -0.4 is 4.31 Å². The smallest absolute Gasteiger partial charge is 0.279 e. The Kier molecular flexibility index (Phi) is 5.89. The second-order valence-corrected chi connectivity index (χ2v) is 7.73. The van der Waals surface area contributed by atoms with Crippen LogP contribution in [0.3, 0.4) is 0 Å². The highest BCUT2D eigenvalue weighted by atomic mass is 35.5. The Balaban J connectivity index is 2.75. The Hall–Kier alpha value is -1.87. The zero-order valence-corrected chi connectivity index (χ0v) is 15.3. The van der Waals surface area contributed by atoms with E-state index < -0.39 is 37.3 Å². The molecule has 2 aromatic rings. The van der Waals surface area contributed by atoms with E-state index in [4.69, 9.17) is 34.8 Å².